The van der Waals surface area contributed by atoms with Crippen LogP contribution in [0, 0.1) is 0 Å². The molecule has 27 heavy (non-hydrogen) atoms. The van der Waals surface area contributed by atoms with E-state index in [0.29, 0.717) is 5.56 Å². The molecule has 1 heterocycles. The van der Waals surface area contributed by atoms with Gasteiger partial charge in [-0.2, -0.15) is 13.2 Å². The van der Waals surface area contributed by atoms with Crippen LogP contribution in [0.2, 0.25) is 0 Å². The molecular formula is C19H20F3N3OS. The largest absolute Gasteiger partial charge is 0.433 e. The highest BCUT2D eigenvalue weighted by Gasteiger charge is 2.33. The first-order valence-corrected chi connectivity index (χ1v) is 9.73. The molecule has 0 spiro atoms. The standard InChI is InChI=1S/C19H20F3N3OS/c20-19(21,22)15-11-12-23-18(25-15)27-16(13-7-3-1-4-8-13)17(26)24-14-9-5-2-6-10-14/h1,3-4,7-8,11-12,14,16H,2,5-6,9-10H2,(H,24,26). The summed E-state index contributed by atoms with van der Waals surface area (Å²) in [4.78, 5) is 20.4. The summed E-state index contributed by atoms with van der Waals surface area (Å²) >= 11 is 0.935. The number of nitrogens with one attached hydrogen (secondary N) is 1. The fraction of sp³-hybridized carbons (Fsp3) is 0.421. The van der Waals surface area contributed by atoms with Crippen molar-refractivity contribution in [2.24, 2.45) is 0 Å². The summed E-state index contributed by atoms with van der Waals surface area (Å²) in [6.45, 7) is 0. The van der Waals surface area contributed by atoms with Crippen molar-refractivity contribution in [2.45, 2.75) is 54.7 Å². The van der Waals surface area contributed by atoms with Gasteiger partial charge in [0.25, 0.3) is 0 Å². The molecule has 0 aliphatic heterocycles. The smallest absolute Gasteiger partial charge is 0.352 e. The normalized spacial score (nSPS) is 16.7. The minimum atomic E-state index is -4.55. The molecule has 1 fully saturated rings. The second-order valence-corrected chi connectivity index (χ2v) is 7.55. The van der Waals surface area contributed by atoms with Crippen molar-refractivity contribution in [1.29, 1.82) is 0 Å². The van der Waals surface area contributed by atoms with Crippen LogP contribution < -0.4 is 5.32 Å². The number of carbonyl (C=O) groups excluding carboxylic acids is 1. The number of hydrogen-bond acceptors (Lipinski definition) is 4. The number of halogens is 3. The van der Waals surface area contributed by atoms with E-state index in [9.17, 15) is 18.0 Å². The highest BCUT2D eigenvalue weighted by molar-refractivity contribution is 8.00. The zero-order chi connectivity index (χ0) is 19.3. The van der Waals surface area contributed by atoms with E-state index in [4.69, 9.17) is 0 Å². The number of alkyl halides is 3. The summed E-state index contributed by atoms with van der Waals surface area (Å²) in [5.41, 5.74) is -0.309. The summed E-state index contributed by atoms with van der Waals surface area (Å²) < 4.78 is 38.8. The quantitative estimate of drug-likeness (QED) is 0.585. The molecule has 1 unspecified atom stereocenters. The van der Waals surface area contributed by atoms with E-state index in [1.807, 2.05) is 6.07 Å². The first-order chi connectivity index (χ1) is 12.9. The van der Waals surface area contributed by atoms with Gasteiger partial charge in [-0.05, 0) is 24.5 Å². The molecule has 1 aromatic carbocycles. The Kier molecular flexibility index (Phi) is 6.36. The third kappa shape index (κ3) is 5.45. The maximum Gasteiger partial charge on any atom is 0.433 e. The van der Waals surface area contributed by atoms with Gasteiger partial charge in [-0.15, -0.1) is 0 Å². The van der Waals surface area contributed by atoms with Crippen LogP contribution in [-0.4, -0.2) is 21.9 Å². The van der Waals surface area contributed by atoms with Crippen LogP contribution in [0.3, 0.4) is 0 Å². The summed E-state index contributed by atoms with van der Waals surface area (Å²) in [5, 5.41) is 2.26. The molecule has 1 aliphatic rings. The molecule has 1 saturated carbocycles. The van der Waals surface area contributed by atoms with Crippen molar-refractivity contribution in [1.82, 2.24) is 15.3 Å². The van der Waals surface area contributed by atoms with Crippen molar-refractivity contribution in [3.8, 4) is 0 Å². The average molecular weight is 395 g/mol. The van der Waals surface area contributed by atoms with Crippen molar-refractivity contribution in [3.63, 3.8) is 0 Å². The van der Waals surface area contributed by atoms with Crippen LogP contribution in [0.15, 0.2) is 47.8 Å². The highest BCUT2D eigenvalue weighted by Crippen LogP contribution is 2.35. The number of carbonyl (C=O) groups is 1. The molecule has 3 rings (SSSR count). The van der Waals surface area contributed by atoms with Crippen LogP contribution >= 0.6 is 11.8 Å². The second-order valence-electron chi connectivity index (χ2n) is 6.47. The lowest BCUT2D eigenvalue weighted by Crippen LogP contribution is -2.38. The van der Waals surface area contributed by atoms with Crippen molar-refractivity contribution in [3.05, 3.63) is 53.9 Å². The Labute approximate surface area is 160 Å². The van der Waals surface area contributed by atoms with Crippen LogP contribution in [0.5, 0.6) is 0 Å². The van der Waals surface area contributed by atoms with E-state index >= 15 is 0 Å². The lowest BCUT2D eigenvalue weighted by atomic mass is 9.95. The number of amides is 1. The van der Waals surface area contributed by atoms with Gasteiger partial charge in [-0.3, -0.25) is 4.79 Å². The summed E-state index contributed by atoms with van der Waals surface area (Å²) in [6.07, 6.45) is 1.69. The monoisotopic (exact) mass is 395 g/mol. The molecular weight excluding hydrogens is 375 g/mol. The zero-order valence-electron chi connectivity index (χ0n) is 14.6. The highest BCUT2D eigenvalue weighted by atomic mass is 32.2. The van der Waals surface area contributed by atoms with Gasteiger partial charge in [-0.25, -0.2) is 9.97 Å². The fourth-order valence-corrected chi connectivity index (χ4v) is 4.04. The van der Waals surface area contributed by atoms with E-state index in [1.165, 1.54) is 6.42 Å². The lowest BCUT2D eigenvalue weighted by Gasteiger charge is -2.25. The number of rotatable bonds is 5. The summed E-state index contributed by atoms with van der Waals surface area (Å²) in [7, 11) is 0. The maximum absolute atomic E-state index is 12.9. The number of hydrogen-bond donors (Lipinski definition) is 1. The van der Waals surface area contributed by atoms with Crippen LogP contribution in [0.25, 0.3) is 0 Å². The van der Waals surface area contributed by atoms with Crippen LogP contribution in [-0.2, 0) is 11.0 Å². The average Bonchev–Trinajstić information content (AvgIpc) is 2.67. The Morgan fingerprint density at radius 2 is 1.81 bits per heavy atom. The molecule has 0 radical (unpaired) electrons. The fourth-order valence-electron chi connectivity index (χ4n) is 3.09. The SMILES string of the molecule is O=C(NC1CCCCC1)C(Sc1nccc(C(F)(F)F)n1)c1ccccc1. The van der Waals surface area contributed by atoms with E-state index in [-0.39, 0.29) is 17.1 Å². The van der Waals surface area contributed by atoms with Gasteiger partial charge in [0.15, 0.2) is 5.16 Å². The van der Waals surface area contributed by atoms with Gasteiger partial charge >= 0.3 is 6.18 Å². The molecule has 1 atom stereocenters. The first-order valence-electron chi connectivity index (χ1n) is 8.86. The third-order valence-electron chi connectivity index (χ3n) is 4.44. The third-order valence-corrected chi connectivity index (χ3v) is 5.57. The van der Waals surface area contributed by atoms with Crippen molar-refractivity contribution in [2.75, 3.05) is 0 Å². The Bertz CT molecular complexity index is 764. The van der Waals surface area contributed by atoms with Gasteiger partial charge in [0.1, 0.15) is 10.9 Å². The minimum Gasteiger partial charge on any atom is -0.352 e. The van der Waals surface area contributed by atoms with Crippen LogP contribution in [0.1, 0.15) is 48.6 Å². The molecule has 0 saturated heterocycles. The molecule has 0 bridgehead atoms. The lowest BCUT2D eigenvalue weighted by molar-refractivity contribution is -0.141. The van der Waals surface area contributed by atoms with Gasteiger partial charge in [0, 0.05) is 12.2 Å². The molecule has 4 nitrogen and oxygen atoms in total. The summed E-state index contributed by atoms with van der Waals surface area (Å²) in [6, 6.07) is 9.92. The van der Waals surface area contributed by atoms with Gasteiger partial charge in [-0.1, -0.05) is 61.4 Å². The topological polar surface area (TPSA) is 54.9 Å². The summed E-state index contributed by atoms with van der Waals surface area (Å²) in [5.74, 6) is -0.223. The van der Waals surface area contributed by atoms with E-state index in [0.717, 1.165) is 49.7 Å². The number of benzene rings is 1. The Hall–Kier alpha value is -2.09. The Balaban J connectivity index is 1.81. The predicted octanol–water partition coefficient (Wildman–Crippen LogP) is 4.78. The maximum atomic E-state index is 12.9. The molecule has 1 N–H and O–H groups in total. The second kappa shape index (κ2) is 8.73. The molecule has 1 amide bonds. The van der Waals surface area contributed by atoms with Crippen molar-refractivity contribution >= 4 is 17.7 Å². The Morgan fingerprint density at radius 1 is 1.11 bits per heavy atom. The Morgan fingerprint density at radius 3 is 2.48 bits per heavy atom. The molecule has 1 aliphatic carbocycles. The molecule has 8 heteroatoms. The minimum absolute atomic E-state index is 0.0718. The predicted molar refractivity (Wildman–Crippen MR) is 97.1 cm³/mol. The van der Waals surface area contributed by atoms with E-state index in [2.05, 4.69) is 15.3 Å². The van der Waals surface area contributed by atoms with Gasteiger partial charge in [0.05, 0.1) is 0 Å². The van der Waals surface area contributed by atoms with E-state index in [1.54, 1.807) is 24.3 Å². The molecule has 2 aromatic rings. The van der Waals surface area contributed by atoms with Crippen LogP contribution in [0.4, 0.5) is 13.2 Å². The number of aromatic nitrogens is 2. The number of nitrogens with zero attached hydrogens (tertiary/aromatic N) is 2. The van der Waals surface area contributed by atoms with E-state index < -0.39 is 17.1 Å². The van der Waals surface area contributed by atoms with Gasteiger partial charge in [0.2, 0.25) is 5.91 Å². The molecule has 1 aromatic heterocycles. The van der Waals surface area contributed by atoms with Gasteiger partial charge < -0.3 is 5.32 Å². The first kappa shape index (κ1) is 19.7. The molecule has 144 valence electrons. The zero-order valence-corrected chi connectivity index (χ0v) is 15.4. The van der Waals surface area contributed by atoms with Crippen molar-refractivity contribution < 1.29 is 18.0 Å². The number of thioether (sulfide) groups is 1.